The molecular formula is C15H28N4. The number of aromatic nitrogens is 2. The number of rotatable bonds is 4. The largest absolute Gasteiger partial charge is 0.327 e. The highest BCUT2D eigenvalue weighted by molar-refractivity contribution is 5.03. The van der Waals surface area contributed by atoms with Crippen LogP contribution in [0.25, 0.3) is 0 Å². The maximum atomic E-state index is 6.36. The minimum Gasteiger partial charge on any atom is -0.327 e. The van der Waals surface area contributed by atoms with E-state index in [0.717, 1.165) is 24.9 Å². The van der Waals surface area contributed by atoms with Gasteiger partial charge in [-0.25, -0.2) is 0 Å². The summed E-state index contributed by atoms with van der Waals surface area (Å²) in [5, 5.41) is 4.22. The average Bonchev–Trinajstić information content (AvgIpc) is 2.69. The van der Waals surface area contributed by atoms with E-state index in [1.165, 1.54) is 18.4 Å². The van der Waals surface area contributed by atoms with Crippen LogP contribution >= 0.6 is 0 Å². The highest BCUT2D eigenvalue weighted by atomic mass is 15.2. The zero-order valence-electron chi connectivity index (χ0n) is 12.7. The number of aryl methyl sites for hydroxylation is 1. The van der Waals surface area contributed by atoms with Gasteiger partial charge in [0.15, 0.2) is 0 Å². The fourth-order valence-electron chi connectivity index (χ4n) is 3.57. The molecule has 108 valence electrons. The molecule has 1 heterocycles. The first-order chi connectivity index (χ1) is 8.95. The summed E-state index contributed by atoms with van der Waals surface area (Å²) < 4.78 is 1.86. The minimum absolute atomic E-state index is 0.357. The molecule has 4 heteroatoms. The Morgan fingerprint density at radius 1 is 1.42 bits per heavy atom. The molecule has 2 N–H and O–H groups in total. The third-order valence-electron chi connectivity index (χ3n) is 4.46. The predicted molar refractivity (Wildman–Crippen MR) is 78.6 cm³/mol. The van der Waals surface area contributed by atoms with Crippen molar-refractivity contribution in [1.82, 2.24) is 14.7 Å². The van der Waals surface area contributed by atoms with E-state index in [0.29, 0.717) is 12.0 Å². The van der Waals surface area contributed by atoms with Gasteiger partial charge in [-0.1, -0.05) is 13.8 Å². The van der Waals surface area contributed by atoms with Gasteiger partial charge in [0.1, 0.15) is 0 Å². The van der Waals surface area contributed by atoms with Crippen LogP contribution in [0.5, 0.6) is 0 Å². The molecule has 0 saturated heterocycles. The molecule has 1 aromatic rings. The van der Waals surface area contributed by atoms with Crippen molar-refractivity contribution in [3.63, 3.8) is 0 Å². The summed E-state index contributed by atoms with van der Waals surface area (Å²) in [4.78, 5) is 2.38. The van der Waals surface area contributed by atoms with Crippen LogP contribution in [0, 0.1) is 17.8 Å². The molecule has 1 saturated carbocycles. The van der Waals surface area contributed by atoms with Crippen LogP contribution in [-0.2, 0) is 13.6 Å². The standard InChI is InChI=1S/C15H28N4/c1-11-5-12(2)14(15(16)6-11)10-18(3)8-13-7-17-19(4)9-13/h7,9,11-12,14-15H,5-6,8,10,16H2,1-4H3. The Morgan fingerprint density at radius 2 is 2.16 bits per heavy atom. The Bertz CT molecular complexity index is 389. The minimum atomic E-state index is 0.357. The Hall–Kier alpha value is -0.870. The van der Waals surface area contributed by atoms with Crippen LogP contribution in [0.3, 0.4) is 0 Å². The lowest BCUT2D eigenvalue weighted by atomic mass is 9.72. The summed E-state index contributed by atoms with van der Waals surface area (Å²) in [6.45, 7) is 6.73. The number of hydrogen-bond donors (Lipinski definition) is 1. The molecular weight excluding hydrogens is 236 g/mol. The highest BCUT2D eigenvalue weighted by Crippen LogP contribution is 2.33. The zero-order valence-corrected chi connectivity index (χ0v) is 12.7. The topological polar surface area (TPSA) is 47.1 Å². The van der Waals surface area contributed by atoms with Crippen molar-refractivity contribution in [2.24, 2.45) is 30.5 Å². The van der Waals surface area contributed by atoms with Gasteiger partial charge in [0, 0.05) is 37.9 Å². The Labute approximate surface area is 117 Å². The molecule has 4 atom stereocenters. The molecule has 0 radical (unpaired) electrons. The van der Waals surface area contributed by atoms with Crippen LogP contribution in [0.15, 0.2) is 12.4 Å². The Balaban J connectivity index is 1.89. The first-order valence-corrected chi connectivity index (χ1v) is 7.37. The van der Waals surface area contributed by atoms with Gasteiger partial charge in [0.25, 0.3) is 0 Å². The van der Waals surface area contributed by atoms with E-state index >= 15 is 0 Å². The Morgan fingerprint density at radius 3 is 2.74 bits per heavy atom. The van der Waals surface area contributed by atoms with Gasteiger partial charge in [-0.2, -0.15) is 5.10 Å². The smallest absolute Gasteiger partial charge is 0.0534 e. The van der Waals surface area contributed by atoms with Gasteiger partial charge in [-0.3, -0.25) is 4.68 Å². The second-order valence-corrected chi connectivity index (χ2v) is 6.60. The lowest BCUT2D eigenvalue weighted by molar-refractivity contribution is 0.127. The predicted octanol–water partition coefficient (Wildman–Crippen LogP) is 1.86. The van der Waals surface area contributed by atoms with Gasteiger partial charge in [0.2, 0.25) is 0 Å². The van der Waals surface area contributed by atoms with E-state index in [-0.39, 0.29) is 0 Å². The van der Waals surface area contributed by atoms with Crippen molar-refractivity contribution in [1.29, 1.82) is 0 Å². The molecule has 4 nitrogen and oxygen atoms in total. The van der Waals surface area contributed by atoms with Crippen molar-refractivity contribution >= 4 is 0 Å². The van der Waals surface area contributed by atoms with Crippen LogP contribution in [0.4, 0.5) is 0 Å². The lowest BCUT2D eigenvalue weighted by Crippen LogP contribution is -2.45. The monoisotopic (exact) mass is 264 g/mol. The van der Waals surface area contributed by atoms with Crippen molar-refractivity contribution < 1.29 is 0 Å². The lowest BCUT2D eigenvalue weighted by Gasteiger charge is -2.39. The molecule has 2 rings (SSSR count). The first-order valence-electron chi connectivity index (χ1n) is 7.37. The number of hydrogen-bond acceptors (Lipinski definition) is 3. The van der Waals surface area contributed by atoms with Crippen molar-refractivity contribution in [3.8, 4) is 0 Å². The fourth-order valence-corrected chi connectivity index (χ4v) is 3.57. The second kappa shape index (κ2) is 6.06. The fraction of sp³-hybridized carbons (Fsp3) is 0.800. The molecule has 1 fully saturated rings. The molecule has 19 heavy (non-hydrogen) atoms. The zero-order chi connectivity index (χ0) is 14.0. The maximum absolute atomic E-state index is 6.36. The van der Waals surface area contributed by atoms with Crippen molar-refractivity contribution in [2.45, 2.75) is 39.3 Å². The van der Waals surface area contributed by atoms with E-state index < -0.39 is 0 Å². The summed E-state index contributed by atoms with van der Waals surface area (Å²) >= 11 is 0. The van der Waals surface area contributed by atoms with Gasteiger partial charge in [0.05, 0.1) is 6.20 Å². The molecule has 0 aliphatic heterocycles. The normalized spacial score (nSPS) is 31.9. The number of nitrogens with two attached hydrogens (primary N) is 1. The molecule has 0 spiro atoms. The molecule has 0 aromatic carbocycles. The Kier molecular flexibility index (Phi) is 4.63. The summed E-state index contributed by atoms with van der Waals surface area (Å²) in [7, 11) is 4.15. The third-order valence-corrected chi connectivity index (χ3v) is 4.46. The summed E-state index contributed by atoms with van der Waals surface area (Å²) in [5.41, 5.74) is 7.64. The van der Waals surface area contributed by atoms with E-state index in [9.17, 15) is 0 Å². The quantitative estimate of drug-likeness (QED) is 0.903. The molecule has 1 aromatic heterocycles. The van der Waals surface area contributed by atoms with Crippen LogP contribution in [0.1, 0.15) is 32.3 Å². The van der Waals surface area contributed by atoms with Crippen molar-refractivity contribution in [2.75, 3.05) is 13.6 Å². The van der Waals surface area contributed by atoms with Gasteiger partial charge >= 0.3 is 0 Å². The van der Waals surface area contributed by atoms with E-state index in [1.54, 1.807) is 0 Å². The van der Waals surface area contributed by atoms with Crippen LogP contribution in [0.2, 0.25) is 0 Å². The van der Waals surface area contributed by atoms with Gasteiger partial charge in [-0.05, 0) is 37.6 Å². The molecule has 0 bridgehead atoms. The summed E-state index contributed by atoms with van der Waals surface area (Å²) in [5.74, 6) is 2.14. The highest BCUT2D eigenvalue weighted by Gasteiger charge is 2.32. The van der Waals surface area contributed by atoms with Crippen LogP contribution in [-0.4, -0.2) is 34.3 Å². The molecule has 1 aliphatic carbocycles. The van der Waals surface area contributed by atoms with Gasteiger partial charge < -0.3 is 10.6 Å². The summed E-state index contributed by atoms with van der Waals surface area (Å²) in [6.07, 6.45) is 6.53. The first kappa shape index (κ1) is 14.5. The van der Waals surface area contributed by atoms with E-state index in [1.807, 2.05) is 17.9 Å². The van der Waals surface area contributed by atoms with Crippen molar-refractivity contribution in [3.05, 3.63) is 18.0 Å². The van der Waals surface area contributed by atoms with Crippen LogP contribution < -0.4 is 5.73 Å². The molecule has 0 amide bonds. The second-order valence-electron chi connectivity index (χ2n) is 6.60. The summed E-state index contributed by atoms with van der Waals surface area (Å²) in [6, 6.07) is 0.357. The maximum Gasteiger partial charge on any atom is 0.0534 e. The molecule has 1 aliphatic rings. The number of nitrogens with zero attached hydrogens (tertiary/aromatic N) is 3. The SMILES string of the molecule is CC1CC(C)C(CN(C)Cc2cnn(C)c2)C(N)C1. The van der Waals surface area contributed by atoms with E-state index in [2.05, 4.69) is 37.1 Å². The van der Waals surface area contributed by atoms with Gasteiger partial charge in [-0.15, -0.1) is 0 Å². The third kappa shape index (κ3) is 3.80. The molecule has 4 unspecified atom stereocenters. The van der Waals surface area contributed by atoms with E-state index in [4.69, 9.17) is 5.73 Å². The average molecular weight is 264 g/mol.